The van der Waals surface area contributed by atoms with E-state index in [0.717, 1.165) is 32.4 Å². The third-order valence-corrected chi connectivity index (χ3v) is 1.53. The van der Waals surface area contributed by atoms with Gasteiger partial charge in [0, 0.05) is 20.3 Å². The van der Waals surface area contributed by atoms with Gasteiger partial charge in [0.15, 0.2) is 0 Å². The van der Waals surface area contributed by atoms with Crippen LogP contribution in [0.2, 0.25) is 0 Å². The summed E-state index contributed by atoms with van der Waals surface area (Å²) in [5.74, 6) is -0.0817. The second-order valence-electron chi connectivity index (χ2n) is 2.61. The Bertz CT molecular complexity index is 118. The molecule has 0 aromatic carbocycles. The third kappa shape index (κ3) is 7.50. The van der Waals surface area contributed by atoms with Gasteiger partial charge in [-0.2, -0.15) is 0 Å². The summed E-state index contributed by atoms with van der Waals surface area (Å²) in [7, 11) is 1.69. The van der Waals surface area contributed by atoms with Crippen molar-refractivity contribution in [2.24, 2.45) is 5.73 Å². The van der Waals surface area contributed by atoms with Gasteiger partial charge in [0.05, 0.1) is 6.54 Å². The molecule has 0 heterocycles. The Balaban J connectivity index is 2.95. The summed E-state index contributed by atoms with van der Waals surface area (Å²) >= 11 is 0. The molecule has 1 amide bonds. The predicted octanol–water partition coefficient (Wildman–Crippen LogP) is -0.122. The standard InChI is InChI=1S/C8H18N2O2/c1-12-6-4-2-3-5-10-8(11)7-9/h2-7,9H2,1H3,(H,10,11). The number of carbonyl (C=O) groups is 1. The molecule has 0 aliphatic carbocycles. The summed E-state index contributed by atoms with van der Waals surface area (Å²) in [6.07, 6.45) is 3.13. The number of nitrogens with one attached hydrogen (secondary N) is 1. The molecule has 0 radical (unpaired) electrons. The highest BCUT2D eigenvalue weighted by atomic mass is 16.5. The number of methoxy groups -OCH3 is 1. The van der Waals surface area contributed by atoms with Gasteiger partial charge < -0.3 is 15.8 Å². The Morgan fingerprint density at radius 3 is 2.75 bits per heavy atom. The SMILES string of the molecule is COCCCCCNC(=O)CN. The van der Waals surface area contributed by atoms with Crippen LogP contribution in [0.4, 0.5) is 0 Å². The lowest BCUT2D eigenvalue weighted by Crippen LogP contribution is -2.30. The van der Waals surface area contributed by atoms with E-state index in [-0.39, 0.29) is 12.5 Å². The molecule has 3 N–H and O–H groups in total. The van der Waals surface area contributed by atoms with Gasteiger partial charge in [0.1, 0.15) is 0 Å². The highest BCUT2D eigenvalue weighted by molar-refractivity contribution is 5.77. The molecule has 0 aliphatic heterocycles. The van der Waals surface area contributed by atoms with E-state index in [1.54, 1.807) is 7.11 Å². The van der Waals surface area contributed by atoms with E-state index in [2.05, 4.69) is 5.32 Å². The molecule has 0 spiro atoms. The number of amides is 1. The van der Waals surface area contributed by atoms with Crippen LogP contribution in [0.25, 0.3) is 0 Å². The minimum absolute atomic E-state index is 0.0814. The molecule has 0 aromatic heterocycles. The van der Waals surface area contributed by atoms with Crippen LogP contribution in [0.15, 0.2) is 0 Å². The second-order valence-corrected chi connectivity index (χ2v) is 2.61. The predicted molar refractivity (Wildman–Crippen MR) is 47.8 cm³/mol. The molecule has 0 bridgehead atoms. The van der Waals surface area contributed by atoms with Gasteiger partial charge in [-0.05, 0) is 19.3 Å². The van der Waals surface area contributed by atoms with Crippen LogP contribution in [-0.4, -0.2) is 32.7 Å². The van der Waals surface area contributed by atoms with Gasteiger partial charge in [0.2, 0.25) is 5.91 Å². The molecule has 12 heavy (non-hydrogen) atoms. The Morgan fingerprint density at radius 2 is 2.17 bits per heavy atom. The number of nitrogens with two attached hydrogens (primary N) is 1. The summed E-state index contributed by atoms with van der Waals surface area (Å²) < 4.78 is 4.88. The molecular formula is C8H18N2O2. The fraction of sp³-hybridized carbons (Fsp3) is 0.875. The molecule has 72 valence electrons. The minimum Gasteiger partial charge on any atom is -0.385 e. The number of hydrogen-bond acceptors (Lipinski definition) is 3. The number of unbranched alkanes of at least 4 members (excludes halogenated alkanes) is 2. The van der Waals surface area contributed by atoms with Crippen LogP contribution in [0.1, 0.15) is 19.3 Å². The van der Waals surface area contributed by atoms with E-state index in [4.69, 9.17) is 10.5 Å². The van der Waals surface area contributed by atoms with Crippen molar-refractivity contribution in [2.75, 3.05) is 26.8 Å². The molecule has 0 aliphatic rings. The monoisotopic (exact) mass is 174 g/mol. The first-order chi connectivity index (χ1) is 5.81. The van der Waals surface area contributed by atoms with Gasteiger partial charge in [0.25, 0.3) is 0 Å². The van der Waals surface area contributed by atoms with Gasteiger partial charge >= 0.3 is 0 Å². The van der Waals surface area contributed by atoms with Crippen LogP contribution in [0.5, 0.6) is 0 Å². The minimum atomic E-state index is -0.0817. The third-order valence-electron chi connectivity index (χ3n) is 1.53. The van der Waals surface area contributed by atoms with E-state index < -0.39 is 0 Å². The van der Waals surface area contributed by atoms with Gasteiger partial charge in [-0.1, -0.05) is 0 Å². The topological polar surface area (TPSA) is 64.3 Å². The van der Waals surface area contributed by atoms with Crippen molar-refractivity contribution in [1.29, 1.82) is 0 Å². The lowest BCUT2D eigenvalue weighted by molar-refractivity contribution is -0.119. The highest BCUT2D eigenvalue weighted by Crippen LogP contribution is 1.93. The molecule has 0 aromatic rings. The largest absolute Gasteiger partial charge is 0.385 e. The summed E-state index contributed by atoms with van der Waals surface area (Å²) in [5.41, 5.74) is 5.10. The maximum atomic E-state index is 10.6. The van der Waals surface area contributed by atoms with E-state index in [1.165, 1.54) is 0 Å². The molecule has 0 unspecified atom stereocenters. The van der Waals surface area contributed by atoms with Crippen molar-refractivity contribution in [2.45, 2.75) is 19.3 Å². The van der Waals surface area contributed by atoms with E-state index >= 15 is 0 Å². The Morgan fingerprint density at radius 1 is 1.42 bits per heavy atom. The summed E-state index contributed by atoms with van der Waals surface area (Å²) in [4.78, 5) is 10.6. The van der Waals surface area contributed by atoms with E-state index in [0.29, 0.717) is 0 Å². The zero-order valence-electron chi connectivity index (χ0n) is 7.64. The molecule has 4 heteroatoms. The molecule has 0 fully saturated rings. The van der Waals surface area contributed by atoms with Crippen LogP contribution in [0.3, 0.4) is 0 Å². The fourth-order valence-corrected chi connectivity index (χ4v) is 0.848. The Hall–Kier alpha value is -0.610. The van der Waals surface area contributed by atoms with Crippen LogP contribution < -0.4 is 11.1 Å². The maximum Gasteiger partial charge on any atom is 0.233 e. The molecule has 0 rings (SSSR count). The van der Waals surface area contributed by atoms with E-state index in [9.17, 15) is 4.79 Å². The van der Waals surface area contributed by atoms with E-state index in [1.807, 2.05) is 0 Å². The zero-order valence-corrected chi connectivity index (χ0v) is 7.64. The quantitative estimate of drug-likeness (QED) is 0.529. The second kappa shape index (κ2) is 8.49. The van der Waals surface area contributed by atoms with Gasteiger partial charge in [-0.15, -0.1) is 0 Å². The number of carbonyl (C=O) groups excluding carboxylic acids is 1. The lowest BCUT2D eigenvalue weighted by Gasteiger charge is -2.02. The molecule has 0 saturated carbocycles. The summed E-state index contributed by atoms with van der Waals surface area (Å²) in [6, 6.07) is 0. The van der Waals surface area contributed by atoms with Crippen molar-refractivity contribution in [3.05, 3.63) is 0 Å². The number of rotatable bonds is 7. The van der Waals surface area contributed by atoms with Crippen molar-refractivity contribution < 1.29 is 9.53 Å². The van der Waals surface area contributed by atoms with Gasteiger partial charge in [-0.25, -0.2) is 0 Å². The molecule has 0 atom stereocenters. The first-order valence-electron chi connectivity index (χ1n) is 4.27. The molecule has 4 nitrogen and oxygen atoms in total. The maximum absolute atomic E-state index is 10.6. The number of ether oxygens (including phenoxy) is 1. The lowest BCUT2D eigenvalue weighted by atomic mass is 10.2. The molecule has 0 saturated heterocycles. The first kappa shape index (κ1) is 11.4. The van der Waals surface area contributed by atoms with Crippen molar-refractivity contribution in [3.63, 3.8) is 0 Å². The Kier molecular flexibility index (Phi) is 8.05. The van der Waals surface area contributed by atoms with Crippen LogP contribution in [0, 0.1) is 0 Å². The fourth-order valence-electron chi connectivity index (χ4n) is 0.848. The average Bonchev–Trinajstić information content (AvgIpc) is 2.10. The van der Waals surface area contributed by atoms with Crippen LogP contribution >= 0.6 is 0 Å². The number of hydrogen-bond donors (Lipinski definition) is 2. The summed E-state index contributed by atoms with van der Waals surface area (Å²) in [6.45, 7) is 1.60. The normalized spacial score (nSPS) is 9.83. The Labute approximate surface area is 73.5 Å². The average molecular weight is 174 g/mol. The first-order valence-corrected chi connectivity index (χ1v) is 4.27. The molecular weight excluding hydrogens is 156 g/mol. The van der Waals surface area contributed by atoms with Crippen molar-refractivity contribution in [1.82, 2.24) is 5.32 Å². The van der Waals surface area contributed by atoms with Crippen molar-refractivity contribution in [3.8, 4) is 0 Å². The van der Waals surface area contributed by atoms with Crippen LogP contribution in [-0.2, 0) is 9.53 Å². The summed E-state index contributed by atoms with van der Waals surface area (Å²) in [5, 5.41) is 2.70. The zero-order chi connectivity index (χ0) is 9.23. The van der Waals surface area contributed by atoms with Gasteiger partial charge in [-0.3, -0.25) is 4.79 Å². The highest BCUT2D eigenvalue weighted by Gasteiger charge is 1.94. The smallest absolute Gasteiger partial charge is 0.233 e. The van der Waals surface area contributed by atoms with Crippen molar-refractivity contribution >= 4 is 5.91 Å².